The topological polar surface area (TPSA) is 97.7 Å². The number of nitrogens with one attached hydrogen (secondary N) is 2. The third-order valence-corrected chi connectivity index (χ3v) is 5.22. The first-order valence-electron chi connectivity index (χ1n) is 11.5. The Labute approximate surface area is 192 Å². The van der Waals surface area contributed by atoms with Crippen molar-refractivity contribution in [1.29, 1.82) is 0 Å². The summed E-state index contributed by atoms with van der Waals surface area (Å²) < 4.78 is 13.1. The van der Waals surface area contributed by atoms with Crippen LogP contribution in [0, 0.1) is 0 Å². The van der Waals surface area contributed by atoms with E-state index in [1.165, 1.54) is 0 Å². The maximum Gasteiger partial charge on any atom is 0.408 e. The lowest BCUT2D eigenvalue weighted by Gasteiger charge is -2.40. The zero-order valence-electron chi connectivity index (χ0n) is 20.9. The maximum atomic E-state index is 12.8. The molecule has 182 valence electrons. The van der Waals surface area contributed by atoms with Crippen LogP contribution in [-0.2, 0) is 19.8 Å². The monoisotopic (exact) mass is 451 g/mol. The minimum Gasteiger partial charge on any atom is -0.444 e. The molecular formula is C23H41N5O4. The van der Waals surface area contributed by atoms with Crippen LogP contribution in [-0.4, -0.2) is 69.9 Å². The van der Waals surface area contributed by atoms with Gasteiger partial charge < -0.3 is 24.7 Å². The Morgan fingerprint density at radius 3 is 2.41 bits per heavy atom. The molecule has 2 N–H and O–H groups in total. The molecule has 9 nitrogen and oxygen atoms in total. The zero-order chi connectivity index (χ0) is 24.1. The number of amides is 2. The highest BCUT2D eigenvalue weighted by Gasteiger charge is 2.30. The van der Waals surface area contributed by atoms with E-state index in [2.05, 4.69) is 48.2 Å². The van der Waals surface area contributed by atoms with Gasteiger partial charge in [0.2, 0.25) is 5.91 Å². The van der Waals surface area contributed by atoms with Crippen LogP contribution in [0.15, 0.2) is 12.5 Å². The molecule has 0 spiro atoms. The number of aromatic nitrogens is 2. The smallest absolute Gasteiger partial charge is 0.408 e. The number of alkyl carbamates (subject to hydrolysis) is 1. The summed E-state index contributed by atoms with van der Waals surface area (Å²) in [7, 11) is 0. The molecule has 0 saturated carbocycles. The number of carbonyl (C=O) groups excluding carboxylic acids is 2. The van der Waals surface area contributed by atoms with Gasteiger partial charge in [0.25, 0.3) is 0 Å². The van der Waals surface area contributed by atoms with E-state index in [9.17, 15) is 9.59 Å². The van der Waals surface area contributed by atoms with E-state index in [4.69, 9.17) is 9.47 Å². The number of rotatable bonds is 8. The number of imidazole rings is 1. The summed E-state index contributed by atoms with van der Waals surface area (Å²) >= 11 is 0. The van der Waals surface area contributed by atoms with Crippen molar-refractivity contribution in [2.45, 2.75) is 97.6 Å². The van der Waals surface area contributed by atoms with E-state index < -0.39 is 17.7 Å². The highest BCUT2D eigenvalue weighted by Crippen LogP contribution is 2.22. The zero-order valence-corrected chi connectivity index (χ0v) is 20.9. The summed E-state index contributed by atoms with van der Waals surface area (Å²) in [5.41, 5.74) is -0.845. The van der Waals surface area contributed by atoms with Crippen LogP contribution in [0.3, 0.4) is 0 Å². The Balaban J connectivity index is 2.00. The molecule has 2 rings (SSSR count). The molecule has 1 aromatic heterocycles. The average molecular weight is 452 g/mol. The minimum atomic E-state index is -0.690. The van der Waals surface area contributed by atoms with Crippen molar-refractivity contribution in [3.63, 3.8) is 0 Å². The molecule has 0 aromatic carbocycles. The van der Waals surface area contributed by atoms with Crippen molar-refractivity contribution in [2.75, 3.05) is 25.0 Å². The van der Waals surface area contributed by atoms with Crippen molar-refractivity contribution < 1.29 is 19.1 Å². The molecule has 1 aromatic rings. The number of anilines is 1. The summed E-state index contributed by atoms with van der Waals surface area (Å²) in [6.07, 6.45) is 4.63. The lowest BCUT2D eigenvalue weighted by molar-refractivity contribution is -0.118. The summed E-state index contributed by atoms with van der Waals surface area (Å²) in [6.45, 7) is 18.4. The van der Waals surface area contributed by atoms with Gasteiger partial charge in [0.15, 0.2) is 5.82 Å². The predicted molar refractivity (Wildman–Crippen MR) is 125 cm³/mol. The van der Waals surface area contributed by atoms with Gasteiger partial charge in [-0.25, -0.2) is 9.78 Å². The van der Waals surface area contributed by atoms with Crippen molar-refractivity contribution in [3.8, 4) is 0 Å². The Bertz CT molecular complexity index is 761. The van der Waals surface area contributed by atoms with Crippen LogP contribution >= 0.6 is 0 Å². The first kappa shape index (κ1) is 26.1. The molecule has 2 amide bonds. The van der Waals surface area contributed by atoms with Gasteiger partial charge in [-0.15, -0.1) is 0 Å². The van der Waals surface area contributed by atoms with Gasteiger partial charge in [-0.05, 0) is 54.9 Å². The minimum absolute atomic E-state index is 0.208. The molecule has 0 aliphatic carbocycles. The van der Waals surface area contributed by atoms with E-state index in [1.54, 1.807) is 27.1 Å². The lowest BCUT2D eigenvalue weighted by Crippen LogP contribution is -2.50. The molecule has 3 unspecified atom stereocenters. The number of hydrogen-bond acceptors (Lipinski definition) is 6. The molecule has 1 fully saturated rings. The Morgan fingerprint density at radius 1 is 1.22 bits per heavy atom. The third kappa shape index (κ3) is 8.09. The standard InChI is InChI=1S/C23H41N5O4/c1-9-10-18(25-21(30)32-22(4,5)6)20(29)26-19-13-28(15-24-19)23(7,8)14-27-11-16(2)31-17(3)12-27/h13,15-18H,9-12,14H2,1-8H3,(H,25,30)(H,26,29). The van der Waals surface area contributed by atoms with Crippen molar-refractivity contribution >= 4 is 17.8 Å². The molecule has 0 bridgehead atoms. The molecule has 3 atom stereocenters. The Hall–Kier alpha value is -2.13. The highest BCUT2D eigenvalue weighted by atomic mass is 16.6. The van der Waals surface area contributed by atoms with E-state index >= 15 is 0 Å². The number of hydrogen-bond donors (Lipinski definition) is 2. The lowest BCUT2D eigenvalue weighted by atomic mass is 10.0. The SMILES string of the molecule is CCCC(NC(=O)OC(C)(C)C)C(=O)Nc1cn(C(C)(C)CN2CC(C)OC(C)C2)cn1. The fraction of sp³-hybridized carbons (Fsp3) is 0.783. The quantitative estimate of drug-likeness (QED) is 0.629. The maximum absolute atomic E-state index is 12.8. The number of nitrogens with zero attached hydrogens (tertiary/aromatic N) is 3. The van der Waals surface area contributed by atoms with Crippen LogP contribution in [0.25, 0.3) is 0 Å². The van der Waals surface area contributed by atoms with Crippen molar-refractivity contribution in [2.24, 2.45) is 0 Å². The Kier molecular flexibility index (Phi) is 8.70. The van der Waals surface area contributed by atoms with Crippen LogP contribution < -0.4 is 10.6 Å². The average Bonchev–Trinajstić information content (AvgIpc) is 3.08. The molecule has 9 heteroatoms. The second-order valence-corrected chi connectivity index (χ2v) is 10.4. The van der Waals surface area contributed by atoms with Gasteiger partial charge >= 0.3 is 6.09 Å². The van der Waals surface area contributed by atoms with Gasteiger partial charge in [-0.3, -0.25) is 9.69 Å². The molecule has 1 saturated heterocycles. The van der Waals surface area contributed by atoms with Crippen molar-refractivity contribution in [1.82, 2.24) is 19.8 Å². The predicted octanol–water partition coefficient (Wildman–Crippen LogP) is 3.36. The molecule has 0 radical (unpaired) electrons. The fourth-order valence-electron chi connectivity index (χ4n) is 3.98. The van der Waals surface area contributed by atoms with Crippen molar-refractivity contribution in [3.05, 3.63) is 12.5 Å². The number of carbonyl (C=O) groups is 2. The first-order valence-corrected chi connectivity index (χ1v) is 11.5. The summed E-state index contributed by atoms with van der Waals surface area (Å²) in [6, 6.07) is -0.690. The summed E-state index contributed by atoms with van der Waals surface area (Å²) in [5, 5.41) is 5.50. The molecule has 2 heterocycles. The Morgan fingerprint density at radius 2 is 1.84 bits per heavy atom. The second-order valence-electron chi connectivity index (χ2n) is 10.4. The normalized spacial score (nSPS) is 21.1. The molecule has 32 heavy (non-hydrogen) atoms. The van der Waals surface area contributed by atoms with Gasteiger partial charge in [-0.2, -0.15) is 0 Å². The highest BCUT2D eigenvalue weighted by molar-refractivity contribution is 5.95. The largest absolute Gasteiger partial charge is 0.444 e. The number of ether oxygens (including phenoxy) is 2. The third-order valence-electron chi connectivity index (χ3n) is 5.22. The van der Waals surface area contributed by atoms with Gasteiger partial charge in [0, 0.05) is 25.8 Å². The van der Waals surface area contributed by atoms with Crippen LogP contribution in [0.5, 0.6) is 0 Å². The van der Waals surface area contributed by atoms with E-state index in [0.29, 0.717) is 12.2 Å². The summed E-state index contributed by atoms with van der Waals surface area (Å²) in [4.78, 5) is 31.7. The second kappa shape index (κ2) is 10.7. The van der Waals surface area contributed by atoms with Crippen LogP contribution in [0.2, 0.25) is 0 Å². The fourth-order valence-corrected chi connectivity index (χ4v) is 3.98. The van der Waals surface area contributed by atoms with Gasteiger partial charge in [-0.1, -0.05) is 13.3 Å². The summed E-state index contributed by atoms with van der Waals surface area (Å²) in [5.74, 6) is 0.149. The number of morpholine rings is 1. The van der Waals surface area contributed by atoms with Crippen LogP contribution in [0.4, 0.5) is 10.6 Å². The van der Waals surface area contributed by atoms with Crippen LogP contribution in [0.1, 0.15) is 68.2 Å². The van der Waals surface area contributed by atoms with E-state index in [1.807, 2.05) is 17.7 Å². The molecule has 1 aliphatic rings. The van der Waals surface area contributed by atoms with E-state index in [-0.39, 0.29) is 23.7 Å². The van der Waals surface area contributed by atoms with Gasteiger partial charge in [0.1, 0.15) is 11.6 Å². The first-order chi connectivity index (χ1) is 14.8. The van der Waals surface area contributed by atoms with Gasteiger partial charge in [0.05, 0.1) is 24.1 Å². The molecule has 1 aliphatic heterocycles. The van der Waals surface area contributed by atoms with E-state index in [0.717, 1.165) is 26.1 Å². The molecular weight excluding hydrogens is 410 g/mol.